The molecule has 70 valence electrons. The molecule has 0 aromatic heterocycles. The summed E-state index contributed by atoms with van der Waals surface area (Å²) in [5.74, 6) is 0. The van der Waals surface area contributed by atoms with Crippen LogP contribution in [0.1, 0.15) is 46.0 Å². The van der Waals surface area contributed by atoms with E-state index in [1.807, 2.05) is 6.92 Å². The number of nitro groups is 1. The third kappa shape index (κ3) is 4.88. The molecule has 0 aromatic rings. The minimum Gasteiger partial charge on any atom is -0.259 e. The molecular formula is C9H17NO2. The van der Waals surface area contributed by atoms with E-state index in [0.717, 1.165) is 25.7 Å². The summed E-state index contributed by atoms with van der Waals surface area (Å²) in [5, 5.41) is 10.3. The van der Waals surface area contributed by atoms with Crippen molar-refractivity contribution >= 4 is 0 Å². The highest BCUT2D eigenvalue weighted by atomic mass is 16.6. The second-order valence-corrected chi connectivity index (χ2v) is 2.80. The second-order valence-electron chi connectivity index (χ2n) is 2.80. The van der Waals surface area contributed by atoms with Crippen molar-refractivity contribution in [1.29, 1.82) is 0 Å². The quantitative estimate of drug-likeness (QED) is 0.350. The summed E-state index contributed by atoms with van der Waals surface area (Å²) in [6.07, 6.45) is 6.50. The van der Waals surface area contributed by atoms with Crippen LogP contribution in [0, 0.1) is 10.1 Å². The molecule has 0 saturated heterocycles. The first kappa shape index (κ1) is 11.1. The van der Waals surface area contributed by atoms with Crippen LogP contribution in [-0.4, -0.2) is 4.92 Å². The lowest BCUT2D eigenvalue weighted by molar-refractivity contribution is -0.427. The molecule has 0 aliphatic rings. The lowest BCUT2D eigenvalue weighted by atomic mass is 10.2. The summed E-state index contributed by atoms with van der Waals surface area (Å²) < 4.78 is 0. The van der Waals surface area contributed by atoms with E-state index >= 15 is 0 Å². The van der Waals surface area contributed by atoms with E-state index in [9.17, 15) is 10.1 Å². The van der Waals surface area contributed by atoms with Crippen molar-refractivity contribution in [3.8, 4) is 0 Å². The van der Waals surface area contributed by atoms with E-state index < -0.39 is 0 Å². The number of rotatable bonds is 6. The molecule has 0 aliphatic carbocycles. The fourth-order valence-electron chi connectivity index (χ4n) is 1.01. The zero-order valence-corrected chi connectivity index (χ0v) is 7.88. The fourth-order valence-corrected chi connectivity index (χ4v) is 1.01. The van der Waals surface area contributed by atoms with Crippen LogP contribution >= 0.6 is 0 Å². The number of unbranched alkanes of at least 4 members (excludes halogenated alkanes) is 3. The molecular weight excluding hydrogens is 154 g/mol. The van der Waals surface area contributed by atoms with Gasteiger partial charge in [-0.2, -0.15) is 0 Å². The van der Waals surface area contributed by atoms with Crippen LogP contribution in [0.25, 0.3) is 0 Å². The van der Waals surface area contributed by atoms with Gasteiger partial charge in [0.05, 0.1) is 4.92 Å². The Hall–Kier alpha value is -0.860. The van der Waals surface area contributed by atoms with Gasteiger partial charge in [0.15, 0.2) is 0 Å². The van der Waals surface area contributed by atoms with Gasteiger partial charge in [-0.25, -0.2) is 0 Å². The number of hydrogen-bond donors (Lipinski definition) is 0. The molecule has 3 heteroatoms. The predicted octanol–water partition coefficient (Wildman–Crippen LogP) is 3.14. The average molecular weight is 171 g/mol. The molecule has 0 heterocycles. The lowest BCUT2D eigenvalue weighted by Gasteiger charge is -1.94. The highest BCUT2D eigenvalue weighted by Gasteiger charge is 2.04. The first-order valence-electron chi connectivity index (χ1n) is 4.55. The van der Waals surface area contributed by atoms with Gasteiger partial charge in [0.1, 0.15) is 0 Å². The van der Waals surface area contributed by atoms with Gasteiger partial charge in [-0.3, -0.25) is 10.1 Å². The third-order valence-electron chi connectivity index (χ3n) is 1.78. The summed E-state index contributed by atoms with van der Waals surface area (Å²) in [6, 6.07) is 0. The largest absolute Gasteiger partial charge is 0.259 e. The van der Waals surface area contributed by atoms with Crippen molar-refractivity contribution in [3.05, 3.63) is 21.9 Å². The number of nitrogens with zero attached hydrogens (tertiary/aromatic N) is 1. The Bertz CT molecular complexity index is 164. The van der Waals surface area contributed by atoms with Crippen molar-refractivity contribution in [2.75, 3.05) is 0 Å². The Morgan fingerprint density at radius 1 is 1.42 bits per heavy atom. The van der Waals surface area contributed by atoms with Gasteiger partial charge in [-0.05, 0) is 18.9 Å². The van der Waals surface area contributed by atoms with Crippen LogP contribution in [0.2, 0.25) is 0 Å². The first-order chi connectivity index (χ1) is 5.72. The highest BCUT2D eigenvalue weighted by Crippen LogP contribution is 2.06. The SMILES string of the molecule is CCCCCC=C(CC)[N+](=O)[O-]. The molecule has 0 atom stereocenters. The lowest BCUT2D eigenvalue weighted by Crippen LogP contribution is -1.96. The van der Waals surface area contributed by atoms with Crippen LogP contribution < -0.4 is 0 Å². The van der Waals surface area contributed by atoms with Crippen molar-refractivity contribution in [2.45, 2.75) is 46.0 Å². The molecule has 0 radical (unpaired) electrons. The average Bonchev–Trinajstić information content (AvgIpc) is 2.04. The summed E-state index contributed by atoms with van der Waals surface area (Å²) in [7, 11) is 0. The van der Waals surface area contributed by atoms with Gasteiger partial charge in [0.2, 0.25) is 5.70 Å². The topological polar surface area (TPSA) is 43.1 Å². The standard InChI is InChI=1S/C9H17NO2/c1-3-5-6-7-8-9(4-2)10(11)12/h8H,3-7H2,1-2H3. The van der Waals surface area contributed by atoms with E-state index in [4.69, 9.17) is 0 Å². The van der Waals surface area contributed by atoms with E-state index in [0.29, 0.717) is 12.1 Å². The summed E-state index contributed by atoms with van der Waals surface area (Å²) >= 11 is 0. The van der Waals surface area contributed by atoms with Gasteiger partial charge in [-0.1, -0.05) is 26.7 Å². The van der Waals surface area contributed by atoms with E-state index in [1.165, 1.54) is 0 Å². The Kier molecular flexibility index (Phi) is 6.34. The van der Waals surface area contributed by atoms with Gasteiger partial charge in [0, 0.05) is 6.42 Å². The van der Waals surface area contributed by atoms with Gasteiger partial charge in [-0.15, -0.1) is 0 Å². The van der Waals surface area contributed by atoms with E-state index in [1.54, 1.807) is 6.08 Å². The van der Waals surface area contributed by atoms with Crippen molar-refractivity contribution in [2.24, 2.45) is 0 Å². The molecule has 0 N–H and O–H groups in total. The van der Waals surface area contributed by atoms with Gasteiger partial charge in [0.25, 0.3) is 0 Å². The molecule has 0 unspecified atom stereocenters. The van der Waals surface area contributed by atoms with Crippen LogP contribution in [-0.2, 0) is 0 Å². The summed E-state index contributed by atoms with van der Waals surface area (Å²) in [5.41, 5.74) is 0.353. The molecule has 0 bridgehead atoms. The Morgan fingerprint density at radius 2 is 2.08 bits per heavy atom. The zero-order chi connectivity index (χ0) is 9.40. The van der Waals surface area contributed by atoms with Crippen LogP contribution in [0.4, 0.5) is 0 Å². The molecule has 12 heavy (non-hydrogen) atoms. The van der Waals surface area contributed by atoms with E-state index in [2.05, 4.69) is 6.92 Å². The maximum Gasteiger partial charge on any atom is 0.242 e. The normalized spacial score (nSPS) is 11.7. The van der Waals surface area contributed by atoms with Crippen molar-refractivity contribution < 1.29 is 4.92 Å². The Balaban J connectivity index is 3.71. The molecule has 0 fully saturated rings. The molecule has 0 amide bonds. The molecule has 0 aliphatic heterocycles. The maximum absolute atomic E-state index is 10.3. The summed E-state index contributed by atoms with van der Waals surface area (Å²) in [6.45, 7) is 3.94. The Morgan fingerprint density at radius 3 is 2.50 bits per heavy atom. The number of hydrogen-bond acceptors (Lipinski definition) is 2. The monoisotopic (exact) mass is 171 g/mol. The smallest absolute Gasteiger partial charge is 0.242 e. The first-order valence-corrected chi connectivity index (χ1v) is 4.55. The molecule has 0 rings (SSSR count). The van der Waals surface area contributed by atoms with Crippen molar-refractivity contribution in [3.63, 3.8) is 0 Å². The number of allylic oxidation sites excluding steroid dienone is 2. The highest BCUT2D eigenvalue weighted by molar-refractivity contribution is 4.90. The summed E-state index contributed by atoms with van der Waals surface area (Å²) in [4.78, 5) is 10.0. The van der Waals surface area contributed by atoms with Gasteiger partial charge >= 0.3 is 0 Å². The van der Waals surface area contributed by atoms with Gasteiger partial charge < -0.3 is 0 Å². The van der Waals surface area contributed by atoms with Crippen LogP contribution in [0.15, 0.2) is 11.8 Å². The minimum absolute atomic E-state index is 0.286. The van der Waals surface area contributed by atoms with Crippen LogP contribution in [0.3, 0.4) is 0 Å². The fraction of sp³-hybridized carbons (Fsp3) is 0.778. The molecule has 0 spiro atoms. The minimum atomic E-state index is -0.286. The molecule has 0 aromatic carbocycles. The zero-order valence-electron chi connectivity index (χ0n) is 7.88. The second kappa shape index (κ2) is 6.83. The maximum atomic E-state index is 10.3. The third-order valence-corrected chi connectivity index (χ3v) is 1.78. The molecule has 0 saturated carbocycles. The van der Waals surface area contributed by atoms with Crippen molar-refractivity contribution in [1.82, 2.24) is 0 Å². The predicted molar refractivity (Wildman–Crippen MR) is 49.5 cm³/mol. The Labute approximate surface area is 73.6 Å². The van der Waals surface area contributed by atoms with E-state index in [-0.39, 0.29) is 4.92 Å². The van der Waals surface area contributed by atoms with Crippen LogP contribution in [0.5, 0.6) is 0 Å². The molecule has 3 nitrogen and oxygen atoms in total.